The molecule has 4 atom stereocenters. The number of para-hydroxylation sites is 2. The van der Waals surface area contributed by atoms with Crippen LogP contribution >= 0.6 is 0 Å². The molecule has 0 bridgehead atoms. The molecular weight excluding hydrogens is 620 g/mol. The minimum atomic E-state index is -1.33. The highest BCUT2D eigenvalue weighted by atomic mass is 16.4. The molecule has 16 heteroatoms. The van der Waals surface area contributed by atoms with E-state index in [1.807, 2.05) is 48.5 Å². The molecule has 4 aromatic rings. The molecule has 4 unspecified atom stereocenters. The van der Waals surface area contributed by atoms with E-state index < -0.39 is 60.2 Å². The van der Waals surface area contributed by atoms with Crippen LogP contribution in [0.5, 0.6) is 0 Å². The van der Waals surface area contributed by atoms with Gasteiger partial charge in [-0.05, 0) is 36.1 Å². The number of guanidine groups is 1. The lowest BCUT2D eigenvalue weighted by Gasteiger charge is -2.25. The largest absolute Gasteiger partial charge is 0.480 e. The zero-order valence-electron chi connectivity index (χ0n) is 26.1. The number of rotatable bonds is 17. The van der Waals surface area contributed by atoms with E-state index in [-0.39, 0.29) is 38.2 Å². The molecule has 4 amide bonds. The molecule has 2 aromatic heterocycles. The van der Waals surface area contributed by atoms with Crippen molar-refractivity contribution in [2.45, 2.75) is 56.3 Å². The number of nitrogens with two attached hydrogens (primary N) is 4. The van der Waals surface area contributed by atoms with Crippen molar-refractivity contribution in [2.75, 3.05) is 6.54 Å². The summed E-state index contributed by atoms with van der Waals surface area (Å²) in [6, 6.07) is 9.61. The molecule has 0 radical (unpaired) electrons. The number of nitrogens with one attached hydrogen (secondary N) is 5. The van der Waals surface area contributed by atoms with E-state index >= 15 is 0 Å². The van der Waals surface area contributed by atoms with Crippen molar-refractivity contribution in [2.24, 2.45) is 27.9 Å². The fourth-order valence-corrected chi connectivity index (χ4v) is 5.36. The zero-order chi connectivity index (χ0) is 34.8. The van der Waals surface area contributed by atoms with Crippen molar-refractivity contribution in [3.05, 3.63) is 72.1 Å². The Kier molecular flexibility index (Phi) is 11.7. The van der Waals surface area contributed by atoms with Gasteiger partial charge in [-0.2, -0.15) is 0 Å². The number of benzene rings is 2. The monoisotopic (exact) mass is 660 g/mol. The van der Waals surface area contributed by atoms with Crippen molar-refractivity contribution in [3.63, 3.8) is 0 Å². The van der Waals surface area contributed by atoms with E-state index in [0.717, 1.165) is 21.8 Å². The van der Waals surface area contributed by atoms with Crippen LogP contribution in [0.4, 0.5) is 0 Å². The van der Waals surface area contributed by atoms with E-state index in [1.165, 1.54) is 0 Å². The number of H-pyrrole nitrogens is 2. The summed E-state index contributed by atoms with van der Waals surface area (Å²) in [6.45, 7) is 0.142. The first-order chi connectivity index (χ1) is 22.9. The molecular formula is C32H40N10O6. The molecule has 0 spiro atoms. The van der Waals surface area contributed by atoms with Gasteiger partial charge in [0.15, 0.2) is 5.96 Å². The lowest BCUT2D eigenvalue weighted by Crippen LogP contribution is -2.58. The van der Waals surface area contributed by atoms with Crippen LogP contribution in [0.15, 0.2) is 65.9 Å². The minimum absolute atomic E-state index is 0.0170. The van der Waals surface area contributed by atoms with E-state index in [9.17, 15) is 29.1 Å². The van der Waals surface area contributed by atoms with Gasteiger partial charge in [-0.1, -0.05) is 36.4 Å². The molecule has 4 rings (SSSR count). The van der Waals surface area contributed by atoms with Crippen molar-refractivity contribution in [1.29, 1.82) is 0 Å². The number of nitrogens with zero attached hydrogens (tertiary/aromatic N) is 1. The number of aliphatic imine (C=N–C) groups is 1. The number of carbonyl (C=O) groups is 5. The molecule has 16 nitrogen and oxygen atoms in total. The first-order valence-electron chi connectivity index (χ1n) is 15.3. The van der Waals surface area contributed by atoms with Crippen LogP contribution in [0.25, 0.3) is 21.8 Å². The zero-order valence-corrected chi connectivity index (χ0v) is 26.1. The fourth-order valence-electron chi connectivity index (χ4n) is 5.36. The number of primary amides is 1. The summed E-state index contributed by atoms with van der Waals surface area (Å²) in [5, 5.41) is 19.5. The number of carboxylic acids is 1. The third kappa shape index (κ3) is 9.32. The highest BCUT2D eigenvalue weighted by Gasteiger charge is 2.31. The summed E-state index contributed by atoms with van der Waals surface area (Å²) in [6.07, 6.45) is 3.19. The SMILES string of the molecule is NC(=O)CC(N)C(=O)NC(CCCN=C(N)N)C(=O)NC(Cc1c[nH]c2ccccc12)C(=O)NC(Cc1c[nH]c2ccccc12)C(=O)O. The van der Waals surface area contributed by atoms with Gasteiger partial charge in [-0.15, -0.1) is 0 Å². The Balaban J connectivity index is 1.59. The molecule has 0 saturated carbocycles. The number of carbonyl (C=O) groups excluding carboxylic acids is 4. The molecule has 2 aromatic carbocycles. The van der Waals surface area contributed by atoms with Gasteiger partial charge < -0.3 is 54.0 Å². The van der Waals surface area contributed by atoms with Crippen molar-refractivity contribution in [1.82, 2.24) is 25.9 Å². The molecule has 254 valence electrons. The number of aromatic nitrogens is 2. The average Bonchev–Trinajstić information content (AvgIpc) is 3.65. The highest BCUT2D eigenvalue weighted by Crippen LogP contribution is 2.21. The van der Waals surface area contributed by atoms with E-state index in [0.29, 0.717) is 11.1 Å². The number of fused-ring (bicyclic) bond motifs is 2. The van der Waals surface area contributed by atoms with Crippen LogP contribution in [0.1, 0.15) is 30.4 Å². The number of aliphatic carboxylic acids is 1. The quantitative estimate of drug-likeness (QED) is 0.0386. The standard InChI is InChI=1S/C32H40N10O6/c33-21(14-27(34)43)28(44)40-24(10-5-11-37-32(35)36)29(45)41-25(12-17-15-38-22-8-3-1-6-19(17)22)30(46)42-26(31(47)48)13-18-16-39-23-9-4-2-7-20(18)23/h1-4,6-9,15-16,21,24-26,38-39H,5,10-14,33H2,(H2,34,43)(H,40,44)(H,41,45)(H,42,46)(H,47,48)(H4,35,36,37). The van der Waals surface area contributed by atoms with Gasteiger partial charge in [-0.3, -0.25) is 24.2 Å². The first-order valence-corrected chi connectivity index (χ1v) is 15.3. The van der Waals surface area contributed by atoms with Gasteiger partial charge in [0.25, 0.3) is 0 Å². The third-order valence-corrected chi connectivity index (χ3v) is 7.78. The number of hydrogen-bond acceptors (Lipinski definition) is 7. The van der Waals surface area contributed by atoms with Crippen LogP contribution in [-0.2, 0) is 36.8 Å². The van der Waals surface area contributed by atoms with Gasteiger partial charge in [0.2, 0.25) is 23.6 Å². The Morgan fingerprint density at radius 2 is 1.23 bits per heavy atom. The van der Waals surface area contributed by atoms with Crippen LogP contribution in [0.2, 0.25) is 0 Å². The Labute approximate surface area is 275 Å². The molecule has 2 heterocycles. The molecule has 48 heavy (non-hydrogen) atoms. The number of amides is 4. The predicted molar refractivity (Wildman–Crippen MR) is 179 cm³/mol. The second-order valence-corrected chi connectivity index (χ2v) is 11.4. The topological polar surface area (TPSA) is 290 Å². The van der Waals surface area contributed by atoms with E-state index in [2.05, 4.69) is 30.9 Å². The van der Waals surface area contributed by atoms with Gasteiger partial charge in [-0.25, -0.2) is 4.79 Å². The van der Waals surface area contributed by atoms with Crippen LogP contribution in [0.3, 0.4) is 0 Å². The average molecular weight is 661 g/mol. The van der Waals surface area contributed by atoms with E-state index in [1.54, 1.807) is 12.4 Å². The highest BCUT2D eigenvalue weighted by molar-refractivity contribution is 5.96. The Bertz CT molecular complexity index is 1810. The number of hydrogen-bond donors (Lipinski definition) is 10. The maximum atomic E-state index is 13.8. The Hall–Kier alpha value is -5.90. The first kappa shape index (κ1) is 35.0. The van der Waals surface area contributed by atoms with Crippen LogP contribution in [-0.4, -0.2) is 81.3 Å². The second kappa shape index (κ2) is 16.1. The van der Waals surface area contributed by atoms with E-state index in [4.69, 9.17) is 22.9 Å². The molecule has 0 saturated heterocycles. The Morgan fingerprint density at radius 3 is 1.77 bits per heavy atom. The minimum Gasteiger partial charge on any atom is -0.480 e. The third-order valence-electron chi connectivity index (χ3n) is 7.78. The molecule has 0 aliphatic rings. The molecule has 0 aliphatic carbocycles. The van der Waals surface area contributed by atoms with Crippen molar-refractivity contribution >= 4 is 57.4 Å². The molecule has 14 N–H and O–H groups in total. The smallest absolute Gasteiger partial charge is 0.326 e. The number of carboxylic acid groups (broad SMARTS) is 1. The van der Waals surface area contributed by atoms with Crippen molar-refractivity contribution in [3.8, 4) is 0 Å². The fraction of sp³-hybridized carbons (Fsp3) is 0.312. The molecule has 0 fully saturated rings. The maximum Gasteiger partial charge on any atom is 0.326 e. The van der Waals surface area contributed by atoms with Crippen molar-refractivity contribution < 1.29 is 29.1 Å². The predicted octanol–water partition coefficient (Wildman–Crippen LogP) is -0.770. The summed E-state index contributed by atoms with van der Waals surface area (Å²) in [4.78, 5) is 74.2. The summed E-state index contributed by atoms with van der Waals surface area (Å²) >= 11 is 0. The maximum absolute atomic E-state index is 13.8. The van der Waals surface area contributed by atoms with Gasteiger partial charge in [0.1, 0.15) is 18.1 Å². The molecule has 0 aliphatic heterocycles. The van der Waals surface area contributed by atoms with Gasteiger partial charge >= 0.3 is 5.97 Å². The Morgan fingerprint density at radius 1 is 0.729 bits per heavy atom. The van der Waals surface area contributed by atoms with Crippen LogP contribution < -0.4 is 38.9 Å². The summed E-state index contributed by atoms with van der Waals surface area (Å²) in [5.41, 5.74) is 24.8. The number of aromatic amines is 2. The normalized spacial score (nSPS) is 13.6. The van der Waals surface area contributed by atoms with Crippen LogP contribution in [0, 0.1) is 0 Å². The second-order valence-electron chi connectivity index (χ2n) is 11.4. The van der Waals surface area contributed by atoms with Gasteiger partial charge in [0.05, 0.1) is 12.5 Å². The van der Waals surface area contributed by atoms with Gasteiger partial charge in [0, 0.05) is 53.6 Å². The summed E-state index contributed by atoms with van der Waals surface area (Å²) in [7, 11) is 0. The summed E-state index contributed by atoms with van der Waals surface area (Å²) < 4.78 is 0. The lowest BCUT2D eigenvalue weighted by molar-refractivity contribution is -0.142. The lowest BCUT2D eigenvalue weighted by atomic mass is 10.0. The summed E-state index contributed by atoms with van der Waals surface area (Å²) in [5.74, 6) is -4.53.